The molecule has 9 atom stereocenters. The van der Waals surface area contributed by atoms with Crippen LogP contribution in [0.4, 0.5) is 0 Å². The molecule has 9 unspecified atom stereocenters. The first-order valence-corrected chi connectivity index (χ1v) is 12.5. The molecule has 188 valence electrons. The van der Waals surface area contributed by atoms with E-state index in [1.54, 1.807) is 6.08 Å². The predicted octanol–water partition coefficient (Wildman–Crippen LogP) is 4.09. The minimum absolute atomic E-state index is 0.0309. The highest BCUT2D eigenvalue weighted by atomic mass is 16.6. The van der Waals surface area contributed by atoms with Crippen LogP contribution in [0, 0.1) is 17.8 Å². The highest BCUT2D eigenvalue weighted by Crippen LogP contribution is 2.36. The quantitative estimate of drug-likeness (QED) is 0.217. The molecule has 1 saturated heterocycles. The van der Waals surface area contributed by atoms with Crippen molar-refractivity contribution in [2.75, 3.05) is 0 Å². The third-order valence-corrected chi connectivity index (χ3v) is 6.83. The number of aliphatic hydroxyl groups is 3. The van der Waals surface area contributed by atoms with E-state index in [9.17, 15) is 20.1 Å². The maximum absolute atomic E-state index is 12.4. The van der Waals surface area contributed by atoms with Gasteiger partial charge in [0.05, 0.1) is 36.9 Å². The summed E-state index contributed by atoms with van der Waals surface area (Å²) in [5.74, 6) is -0.0363. The first-order chi connectivity index (χ1) is 15.6. The van der Waals surface area contributed by atoms with Crippen LogP contribution in [-0.4, -0.2) is 57.9 Å². The topological polar surface area (TPSA) is 99.5 Å². The number of carbonyl (C=O) groups is 1. The second-order valence-corrected chi connectivity index (χ2v) is 9.99. The van der Waals surface area contributed by atoms with Crippen LogP contribution in [0.2, 0.25) is 0 Å². The van der Waals surface area contributed by atoms with Crippen LogP contribution in [0.15, 0.2) is 36.0 Å². The summed E-state index contributed by atoms with van der Waals surface area (Å²) in [4.78, 5) is 12.4. The fourth-order valence-electron chi connectivity index (χ4n) is 4.50. The van der Waals surface area contributed by atoms with Crippen LogP contribution in [0.5, 0.6) is 0 Å². The molecule has 0 saturated carbocycles. The Hall–Kier alpha value is -1.47. The Labute approximate surface area is 199 Å². The maximum atomic E-state index is 12.4. The second-order valence-electron chi connectivity index (χ2n) is 9.99. The van der Waals surface area contributed by atoms with Gasteiger partial charge in [0, 0.05) is 11.8 Å². The van der Waals surface area contributed by atoms with Gasteiger partial charge >= 0.3 is 5.97 Å². The smallest absolute Gasteiger partial charge is 0.309 e. The third-order valence-electron chi connectivity index (χ3n) is 6.83. The summed E-state index contributed by atoms with van der Waals surface area (Å²) < 4.78 is 11.5. The van der Waals surface area contributed by atoms with Crippen molar-refractivity contribution in [1.29, 1.82) is 0 Å². The van der Waals surface area contributed by atoms with Crippen molar-refractivity contribution in [2.24, 2.45) is 17.8 Å². The highest BCUT2D eigenvalue weighted by Gasteiger charge is 2.44. The van der Waals surface area contributed by atoms with Crippen LogP contribution in [0.25, 0.3) is 0 Å². The molecule has 0 spiro atoms. The summed E-state index contributed by atoms with van der Waals surface area (Å²) in [5, 5.41) is 30.2. The van der Waals surface area contributed by atoms with Crippen molar-refractivity contribution in [2.45, 2.75) is 110 Å². The molecule has 0 aromatic carbocycles. The van der Waals surface area contributed by atoms with E-state index in [1.165, 1.54) is 0 Å². The number of esters is 1. The van der Waals surface area contributed by atoms with Crippen LogP contribution in [0.3, 0.4) is 0 Å². The Balaban J connectivity index is 1.97. The Morgan fingerprint density at radius 2 is 1.97 bits per heavy atom. The van der Waals surface area contributed by atoms with Gasteiger partial charge < -0.3 is 24.8 Å². The van der Waals surface area contributed by atoms with Gasteiger partial charge in [0.2, 0.25) is 0 Å². The largest absolute Gasteiger partial charge is 0.457 e. The Bertz CT molecular complexity index is 699. The summed E-state index contributed by atoms with van der Waals surface area (Å²) >= 11 is 0. The van der Waals surface area contributed by atoms with Gasteiger partial charge in [0.15, 0.2) is 0 Å². The number of epoxide rings is 1. The van der Waals surface area contributed by atoms with E-state index < -0.39 is 24.3 Å². The van der Waals surface area contributed by atoms with Gasteiger partial charge in [-0.15, -0.1) is 0 Å². The Kier molecular flexibility index (Phi) is 11.3. The zero-order valence-electron chi connectivity index (χ0n) is 20.9. The SMILES string of the molecule is CCC(O)C(C)C1OC1CC(C)/C=C/C=C(\C)C1OC(=O)CC(O)CCCC(O)/C=C\C1C. The molecule has 1 fully saturated rings. The first-order valence-electron chi connectivity index (χ1n) is 12.5. The van der Waals surface area contributed by atoms with Gasteiger partial charge in [-0.1, -0.05) is 58.1 Å². The lowest BCUT2D eigenvalue weighted by atomic mass is 9.93. The van der Waals surface area contributed by atoms with Gasteiger partial charge in [-0.2, -0.15) is 0 Å². The molecule has 2 heterocycles. The zero-order chi connectivity index (χ0) is 24.5. The second kappa shape index (κ2) is 13.4. The molecule has 0 radical (unpaired) electrons. The van der Waals surface area contributed by atoms with E-state index in [2.05, 4.69) is 13.0 Å². The number of carbonyl (C=O) groups excluding carboxylic acids is 1. The Morgan fingerprint density at radius 3 is 2.67 bits per heavy atom. The summed E-state index contributed by atoms with van der Waals surface area (Å²) in [6.07, 6.45) is 11.3. The van der Waals surface area contributed by atoms with Crippen molar-refractivity contribution in [3.05, 3.63) is 36.0 Å². The normalized spacial score (nSPS) is 35.8. The standard InChI is InChI=1S/C27H44O6/c1-6-23(30)20(5)27-24(32-27)15-17(2)9-7-10-18(3)26-19(4)13-14-21(28)11-8-12-22(29)16-25(31)33-26/h7,9-10,13-14,17,19-24,26-30H,6,8,11-12,15-16H2,1-5H3/b9-7+,14-13-,18-10+. The van der Waals surface area contributed by atoms with Crippen molar-refractivity contribution < 1.29 is 29.6 Å². The van der Waals surface area contributed by atoms with Crippen molar-refractivity contribution >= 4 is 5.97 Å². The monoisotopic (exact) mass is 464 g/mol. The minimum atomic E-state index is -0.747. The van der Waals surface area contributed by atoms with Crippen LogP contribution in [-0.2, 0) is 14.3 Å². The van der Waals surface area contributed by atoms with E-state index >= 15 is 0 Å². The molecular formula is C27H44O6. The van der Waals surface area contributed by atoms with E-state index in [0.29, 0.717) is 25.2 Å². The lowest BCUT2D eigenvalue weighted by Gasteiger charge is -2.24. The number of aliphatic hydroxyl groups excluding tert-OH is 3. The molecule has 33 heavy (non-hydrogen) atoms. The van der Waals surface area contributed by atoms with E-state index in [-0.39, 0.29) is 36.6 Å². The number of cyclic esters (lactones) is 1. The van der Waals surface area contributed by atoms with Gasteiger partial charge in [-0.25, -0.2) is 0 Å². The van der Waals surface area contributed by atoms with E-state index in [4.69, 9.17) is 9.47 Å². The van der Waals surface area contributed by atoms with Gasteiger partial charge in [0.25, 0.3) is 0 Å². The van der Waals surface area contributed by atoms with E-state index in [1.807, 2.05) is 45.9 Å². The number of hydrogen-bond acceptors (Lipinski definition) is 6. The lowest BCUT2D eigenvalue weighted by molar-refractivity contribution is -0.151. The number of ether oxygens (including phenoxy) is 2. The van der Waals surface area contributed by atoms with Crippen molar-refractivity contribution in [3.8, 4) is 0 Å². The average molecular weight is 465 g/mol. The molecule has 2 rings (SSSR count). The summed E-state index contributed by atoms with van der Waals surface area (Å²) in [7, 11) is 0. The first kappa shape index (κ1) is 27.8. The highest BCUT2D eigenvalue weighted by molar-refractivity contribution is 5.70. The van der Waals surface area contributed by atoms with Gasteiger partial charge in [0.1, 0.15) is 6.10 Å². The molecule has 0 bridgehead atoms. The van der Waals surface area contributed by atoms with Gasteiger partial charge in [-0.3, -0.25) is 4.79 Å². The summed E-state index contributed by atoms with van der Waals surface area (Å²) in [6, 6.07) is 0. The molecule has 6 nitrogen and oxygen atoms in total. The summed E-state index contributed by atoms with van der Waals surface area (Å²) in [6.45, 7) is 10.1. The number of allylic oxidation sites excluding steroid dienone is 3. The van der Waals surface area contributed by atoms with Gasteiger partial charge in [-0.05, 0) is 50.5 Å². The fraction of sp³-hybridized carbons (Fsp3) is 0.741. The van der Waals surface area contributed by atoms with Crippen molar-refractivity contribution in [3.63, 3.8) is 0 Å². The number of rotatable bonds is 8. The molecular weight excluding hydrogens is 420 g/mol. The molecule has 0 aromatic rings. The molecule has 2 aliphatic rings. The maximum Gasteiger partial charge on any atom is 0.309 e. The van der Waals surface area contributed by atoms with Crippen LogP contribution >= 0.6 is 0 Å². The van der Waals surface area contributed by atoms with Crippen LogP contribution in [0.1, 0.15) is 73.1 Å². The van der Waals surface area contributed by atoms with Crippen molar-refractivity contribution in [1.82, 2.24) is 0 Å². The minimum Gasteiger partial charge on any atom is -0.457 e. The fourth-order valence-corrected chi connectivity index (χ4v) is 4.50. The molecule has 6 heteroatoms. The molecule has 0 amide bonds. The number of hydrogen-bond donors (Lipinski definition) is 3. The van der Waals surface area contributed by atoms with E-state index in [0.717, 1.165) is 18.4 Å². The summed E-state index contributed by atoms with van der Waals surface area (Å²) in [5.41, 5.74) is 0.908. The lowest BCUT2D eigenvalue weighted by Crippen LogP contribution is -2.28. The van der Waals surface area contributed by atoms with Crippen LogP contribution < -0.4 is 0 Å². The zero-order valence-corrected chi connectivity index (χ0v) is 20.9. The predicted molar refractivity (Wildman–Crippen MR) is 129 cm³/mol. The Morgan fingerprint density at radius 1 is 1.24 bits per heavy atom. The molecule has 3 N–H and O–H groups in total. The molecule has 2 aliphatic heterocycles. The average Bonchev–Trinajstić information content (AvgIpc) is 3.52. The molecule has 0 aromatic heterocycles. The molecule has 0 aliphatic carbocycles. The third kappa shape index (κ3) is 9.36.